The van der Waals surface area contributed by atoms with Crippen molar-refractivity contribution in [2.75, 3.05) is 5.73 Å². The lowest BCUT2D eigenvalue weighted by atomic mass is 10.1. The first-order chi connectivity index (χ1) is 8.61. The van der Waals surface area contributed by atoms with E-state index >= 15 is 0 Å². The first-order valence-electron chi connectivity index (χ1n) is 5.62. The SMILES string of the molecule is CCc1ccccc1Oc1cc(F)cc(F)c1N. The van der Waals surface area contributed by atoms with Crippen molar-refractivity contribution >= 4 is 5.69 Å². The average Bonchev–Trinajstić information content (AvgIpc) is 2.36. The van der Waals surface area contributed by atoms with E-state index in [1.54, 1.807) is 12.1 Å². The molecule has 0 spiro atoms. The number of ether oxygens (including phenoxy) is 1. The molecular weight excluding hydrogens is 236 g/mol. The van der Waals surface area contributed by atoms with Crippen LogP contribution in [0.5, 0.6) is 11.5 Å². The molecule has 0 heterocycles. The number of nitrogen functional groups attached to an aromatic ring is 1. The van der Waals surface area contributed by atoms with Gasteiger partial charge in [0.2, 0.25) is 0 Å². The van der Waals surface area contributed by atoms with Gasteiger partial charge in [-0.1, -0.05) is 25.1 Å². The van der Waals surface area contributed by atoms with E-state index < -0.39 is 11.6 Å². The summed E-state index contributed by atoms with van der Waals surface area (Å²) in [6.07, 6.45) is 0.758. The quantitative estimate of drug-likeness (QED) is 0.837. The highest BCUT2D eigenvalue weighted by molar-refractivity contribution is 5.55. The van der Waals surface area contributed by atoms with Crippen LogP contribution in [-0.2, 0) is 6.42 Å². The zero-order chi connectivity index (χ0) is 13.1. The minimum absolute atomic E-state index is 0.00611. The number of hydrogen-bond acceptors (Lipinski definition) is 2. The molecule has 2 N–H and O–H groups in total. The molecule has 2 rings (SSSR count). The zero-order valence-corrected chi connectivity index (χ0v) is 9.91. The highest BCUT2D eigenvalue weighted by Crippen LogP contribution is 2.32. The molecule has 0 atom stereocenters. The van der Waals surface area contributed by atoms with Gasteiger partial charge >= 0.3 is 0 Å². The van der Waals surface area contributed by atoms with E-state index in [9.17, 15) is 8.78 Å². The molecule has 0 saturated carbocycles. The lowest BCUT2D eigenvalue weighted by Gasteiger charge is -2.12. The third-order valence-corrected chi connectivity index (χ3v) is 2.63. The molecule has 0 aliphatic heterocycles. The Bertz CT molecular complexity index is 570. The molecule has 2 aromatic carbocycles. The van der Waals surface area contributed by atoms with Crippen LogP contribution in [0.15, 0.2) is 36.4 Å². The Labute approximate surface area is 104 Å². The van der Waals surface area contributed by atoms with Gasteiger partial charge in [0.15, 0.2) is 11.6 Å². The van der Waals surface area contributed by atoms with E-state index in [1.807, 2.05) is 19.1 Å². The first-order valence-corrected chi connectivity index (χ1v) is 5.62. The smallest absolute Gasteiger partial charge is 0.156 e. The largest absolute Gasteiger partial charge is 0.455 e. The van der Waals surface area contributed by atoms with Crippen LogP contribution in [0.3, 0.4) is 0 Å². The Morgan fingerprint density at radius 3 is 2.56 bits per heavy atom. The third-order valence-electron chi connectivity index (χ3n) is 2.63. The summed E-state index contributed by atoms with van der Waals surface area (Å²) in [7, 11) is 0. The zero-order valence-electron chi connectivity index (χ0n) is 9.91. The maximum absolute atomic E-state index is 13.3. The van der Waals surface area contributed by atoms with E-state index in [0.717, 1.165) is 24.1 Å². The standard InChI is InChI=1S/C14H13F2NO/c1-2-9-5-3-4-6-12(9)18-13-8-10(15)7-11(16)14(13)17/h3-8H,2,17H2,1H3. The number of rotatable bonds is 3. The van der Waals surface area contributed by atoms with E-state index in [1.165, 1.54) is 0 Å². The fourth-order valence-electron chi connectivity index (χ4n) is 1.66. The monoisotopic (exact) mass is 249 g/mol. The highest BCUT2D eigenvalue weighted by Gasteiger charge is 2.11. The van der Waals surface area contributed by atoms with Crippen molar-refractivity contribution < 1.29 is 13.5 Å². The van der Waals surface area contributed by atoms with Crippen LogP contribution in [0.25, 0.3) is 0 Å². The van der Waals surface area contributed by atoms with Gasteiger partial charge in [-0.3, -0.25) is 0 Å². The third kappa shape index (κ3) is 2.42. The Morgan fingerprint density at radius 2 is 1.83 bits per heavy atom. The number of anilines is 1. The predicted molar refractivity (Wildman–Crippen MR) is 66.7 cm³/mol. The summed E-state index contributed by atoms with van der Waals surface area (Å²) in [5.74, 6) is -0.991. The molecule has 0 unspecified atom stereocenters. The Hall–Kier alpha value is -2.10. The normalized spacial score (nSPS) is 10.4. The van der Waals surface area contributed by atoms with Gasteiger partial charge < -0.3 is 10.5 Å². The van der Waals surface area contributed by atoms with Crippen LogP contribution in [0, 0.1) is 11.6 Å². The molecule has 0 amide bonds. The molecular formula is C14H13F2NO. The molecule has 4 heteroatoms. The molecule has 0 aliphatic rings. The van der Waals surface area contributed by atoms with Gasteiger partial charge in [-0.15, -0.1) is 0 Å². The van der Waals surface area contributed by atoms with Crippen molar-refractivity contribution in [3.63, 3.8) is 0 Å². The minimum atomic E-state index is -0.820. The summed E-state index contributed by atoms with van der Waals surface area (Å²) < 4.78 is 31.9. The molecule has 0 bridgehead atoms. The maximum atomic E-state index is 13.3. The number of hydrogen-bond donors (Lipinski definition) is 1. The number of para-hydroxylation sites is 1. The van der Waals surface area contributed by atoms with Crippen LogP contribution in [0.4, 0.5) is 14.5 Å². The first kappa shape index (κ1) is 12.4. The van der Waals surface area contributed by atoms with E-state index in [4.69, 9.17) is 10.5 Å². The Kier molecular flexibility index (Phi) is 3.46. The van der Waals surface area contributed by atoms with Crippen LogP contribution >= 0.6 is 0 Å². The number of halogens is 2. The molecule has 94 valence electrons. The van der Waals surface area contributed by atoms with Crippen molar-refractivity contribution in [3.05, 3.63) is 53.6 Å². The molecule has 0 aliphatic carbocycles. The molecule has 18 heavy (non-hydrogen) atoms. The molecule has 0 saturated heterocycles. The van der Waals surface area contributed by atoms with Crippen LogP contribution in [-0.4, -0.2) is 0 Å². The summed E-state index contributed by atoms with van der Waals surface area (Å²) in [5, 5.41) is 0. The van der Waals surface area contributed by atoms with E-state index in [2.05, 4.69) is 0 Å². The molecule has 0 fully saturated rings. The topological polar surface area (TPSA) is 35.2 Å². The number of aryl methyl sites for hydroxylation is 1. The number of benzene rings is 2. The Balaban J connectivity index is 2.40. The lowest BCUT2D eigenvalue weighted by molar-refractivity contribution is 0.467. The van der Waals surface area contributed by atoms with Gasteiger partial charge in [-0.2, -0.15) is 0 Å². The molecule has 0 aromatic heterocycles. The predicted octanol–water partition coefficient (Wildman–Crippen LogP) is 3.90. The van der Waals surface area contributed by atoms with Crippen molar-refractivity contribution in [1.82, 2.24) is 0 Å². The van der Waals surface area contributed by atoms with Crippen LogP contribution in [0.2, 0.25) is 0 Å². The van der Waals surface area contributed by atoms with Crippen molar-refractivity contribution in [3.8, 4) is 11.5 Å². The van der Waals surface area contributed by atoms with Gasteiger partial charge in [0, 0.05) is 12.1 Å². The van der Waals surface area contributed by atoms with Crippen LogP contribution < -0.4 is 10.5 Å². The highest BCUT2D eigenvalue weighted by atomic mass is 19.1. The van der Waals surface area contributed by atoms with Crippen molar-refractivity contribution in [2.45, 2.75) is 13.3 Å². The summed E-state index contributed by atoms with van der Waals surface area (Å²) in [4.78, 5) is 0. The second kappa shape index (κ2) is 5.04. The van der Waals surface area contributed by atoms with E-state index in [-0.39, 0.29) is 11.4 Å². The molecule has 0 radical (unpaired) electrons. The Morgan fingerprint density at radius 1 is 1.11 bits per heavy atom. The van der Waals surface area contributed by atoms with Gasteiger partial charge in [-0.25, -0.2) is 8.78 Å². The van der Waals surface area contributed by atoms with Crippen molar-refractivity contribution in [2.24, 2.45) is 0 Å². The fraction of sp³-hybridized carbons (Fsp3) is 0.143. The van der Waals surface area contributed by atoms with Gasteiger partial charge in [0.05, 0.1) is 0 Å². The van der Waals surface area contributed by atoms with Gasteiger partial charge in [0.25, 0.3) is 0 Å². The van der Waals surface area contributed by atoms with E-state index in [0.29, 0.717) is 5.75 Å². The summed E-state index contributed by atoms with van der Waals surface area (Å²) in [5.41, 5.74) is 6.28. The van der Waals surface area contributed by atoms with Gasteiger partial charge in [-0.05, 0) is 18.1 Å². The fourth-order valence-corrected chi connectivity index (χ4v) is 1.66. The van der Waals surface area contributed by atoms with Crippen LogP contribution in [0.1, 0.15) is 12.5 Å². The van der Waals surface area contributed by atoms with Gasteiger partial charge in [0.1, 0.15) is 17.3 Å². The summed E-state index contributed by atoms with van der Waals surface area (Å²) >= 11 is 0. The average molecular weight is 249 g/mol. The lowest BCUT2D eigenvalue weighted by Crippen LogP contribution is -1.98. The second-order valence-electron chi connectivity index (χ2n) is 3.86. The molecule has 2 nitrogen and oxygen atoms in total. The maximum Gasteiger partial charge on any atom is 0.156 e. The number of nitrogens with two attached hydrogens (primary N) is 1. The van der Waals surface area contributed by atoms with Crippen molar-refractivity contribution in [1.29, 1.82) is 0 Å². The molecule has 2 aromatic rings. The summed E-state index contributed by atoms with van der Waals surface area (Å²) in [6.45, 7) is 1.97. The minimum Gasteiger partial charge on any atom is -0.455 e. The summed E-state index contributed by atoms with van der Waals surface area (Å²) in [6, 6.07) is 9.10. The second-order valence-corrected chi connectivity index (χ2v) is 3.86.